The highest BCUT2D eigenvalue weighted by atomic mass is 19.4. The van der Waals surface area contributed by atoms with Gasteiger partial charge in [-0.25, -0.2) is 4.79 Å². The minimum absolute atomic E-state index is 0.0194. The fourth-order valence-electron chi connectivity index (χ4n) is 2.93. The van der Waals surface area contributed by atoms with E-state index in [9.17, 15) is 36.2 Å². The van der Waals surface area contributed by atoms with Crippen molar-refractivity contribution in [2.24, 2.45) is 5.92 Å². The predicted octanol–water partition coefficient (Wildman–Crippen LogP) is 3.91. The summed E-state index contributed by atoms with van der Waals surface area (Å²) >= 11 is 0. The normalized spacial score (nSPS) is 20.2. The Kier molecular flexibility index (Phi) is 5.16. The molecule has 1 aliphatic rings. The minimum atomic E-state index is -6.07. The van der Waals surface area contributed by atoms with Gasteiger partial charge in [-0.2, -0.15) is 26.3 Å². The highest BCUT2D eigenvalue weighted by molar-refractivity contribution is 5.87. The SMILES string of the molecule is C=C(C)C(=O)OC(C)(C1CCCC1)C(O)(C(F)(F)F)C(F)(F)F. The second-order valence-corrected chi connectivity index (χ2v) is 5.96. The van der Waals surface area contributed by atoms with Crippen molar-refractivity contribution in [2.75, 3.05) is 0 Å². The largest absolute Gasteiger partial charge is 0.452 e. The molecule has 0 heterocycles. The summed E-state index contributed by atoms with van der Waals surface area (Å²) in [5.41, 5.74) is -8.73. The second-order valence-electron chi connectivity index (χ2n) is 5.96. The van der Waals surface area contributed by atoms with Crippen LogP contribution in [-0.2, 0) is 9.53 Å². The number of esters is 1. The van der Waals surface area contributed by atoms with E-state index >= 15 is 0 Å². The lowest BCUT2D eigenvalue weighted by Crippen LogP contribution is -2.73. The molecule has 0 aromatic rings. The monoisotopic (exact) mass is 348 g/mol. The molecule has 0 radical (unpaired) electrons. The van der Waals surface area contributed by atoms with Crippen molar-refractivity contribution < 1.29 is 41.0 Å². The standard InChI is InChI=1S/C14H18F6O3/c1-8(2)10(21)23-11(3,9-6-4-5-7-9)12(22,13(15,16)17)14(18,19)20/h9,22H,1,4-7H2,2-3H3. The van der Waals surface area contributed by atoms with Crippen LogP contribution in [0.2, 0.25) is 0 Å². The van der Waals surface area contributed by atoms with Gasteiger partial charge in [-0.05, 0) is 26.7 Å². The fraction of sp³-hybridized carbons (Fsp3) is 0.786. The number of alkyl halides is 6. The zero-order chi connectivity index (χ0) is 18.3. The summed E-state index contributed by atoms with van der Waals surface area (Å²) < 4.78 is 83.9. The number of carbonyl (C=O) groups is 1. The summed E-state index contributed by atoms with van der Waals surface area (Å²) in [6.07, 6.45) is -11.4. The number of hydrogen-bond donors (Lipinski definition) is 1. The first-order valence-electron chi connectivity index (χ1n) is 6.93. The predicted molar refractivity (Wildman–Crippen MR) is 68.3 cm³/mol. The van der Waals surface area contributed by atoms with Gasteiger partial charge in [0.05, 0.1) is 0 Å². The van der Waals surface area contributed by atoms with Gasteiger partial charge >= 0.3 is 18.3 Å². The Morgan fingerprint density at radius 2 is 1.48 bits per heavy atom. The Morgan fingerprint density at radius 3 is 1.78 bits per heavy atom. The van der Waals surface area contributed by atoms with Crippen molar-refractivity contribution in [3.8, 4) is 0 Å². The number of halogens is 6. The van der Waals surface area contributed by atoms with Crippen molar-refractivity contribution in [2.45, 2.75) is 63.1 Å². The zero-order valence-corrected chi connectivity index (χ0v) is 12.6. The van der Waals surface area contributed by atoms with Gasteiger partial charge in [0.1, 0.15) is 0 Å². The molecular formula is C14H18F6O3. The molecule has 0 aliphatic heterocycles. The Balaban J connectivity index is 3.52. The van der Waals surface area contributed by atoms with Gasteiger partial charge in [-0.3, -0.25) is 0 Å². The Labute approximate surface area is 129 Å². The van der Waals surface area contributed by atoms with Crippen molar-refractivity contribution >= 4 is 5.97 Å². The molecule has 1 aliphatic carbocycles. The maximum absolute atomic E-state index is 13.2. The van der Waals surface area contributed by atoms with Crippen LogP contribution in [-0.4, -0.2) is 34.6 Å². The highest BCUT2D eigenvalue weighted by Crippen LogP contribution is 2.55. The van der Waals surface area contributed by atoms with Crippen LogP contribution in [0.4, 0.5) is 26.3 Å². The quantitative estimate of drug-likeness (QED) is 0.476. The summed E-state index contributed by atoms with van der Waals surface area (Å²) in [5, 5.41) is 9.74. The van der Waals surface area contributed by atoms with Crippen molar-refractivity contribution in [1.82, 2.24) is 0 Å². The van der Waals surface area contributed by atoms with Crippen LogP contribution in [0.1, 0.15) is 39.5 Å². The van der Waals surface area contributed by atoms with Crippen LogP contribution in [0, 0.1) is 5.92 Å². The lowest BCUT2D eigenvalue weighted by Gasteiger charge is -2.48. The summed E-state index contributed by atoms with van der Waals surface area (Å²) in [4.78, 5) is 11.6. The minimum Gasteiger partial charge on any atom is -0.452 e. The van der Waals surface area contributed by atoms with Crippen LogP contribution >= 0.6 is 0 Å². The zero-order valence-electron chi connectivity index (χ0n) is 12.6. The third-order valence-electron chi connectivity index (χ3n) is 4.33. The third kappa shape index (κ3) is 3.20. The fourth-order valence-corrected chi connectivity index (χ4v) is 2.93. The van der Waals surface area contributed by atoms with Crippen molar-refractivity contribution in [3.63, 3.8) is 0 Å². The highest BCUT2D eigenvalue weighted by Gasteiger charge is 2.81. The van der Waals surface area contributed by atoms with E-state index in [4.69, 9.17) is 0 Å². The Morgan fingerprint density at radius 1 is 1.09 bits per heavy atom. The molecule has 1 atom stereocenters. The third-order valence-corrected chi connectivity index (χ3v) is 4.33. The van der Waals surface area contributed by atoms with Crippen molar-refractivity contribution in [1.29, 1.82) is 0 Å². The van der Waals surface area contributed by atoms with Gasteiger partial charge in [0.15, 0.2) is 5.60 Å². The van der Waals surface area contributed by atoms with Gasteiger partial charge in [-0.15, -0.1) is 0 Å². The summed E-state index contributed by atoms with van der Waals surface area (Å²) in [6.45, 7) is 4.74. The average molecular weight is 348 g/mol. The molecular weight excluding hydrogens is 330 g/mol. The summed E-state index contributed by atoms with van der Waals surface area (Å²) in [7, 11) is 0. The lowest BCUT2D eigenvalue weighted by molar-refractivity contribution is -0.416. The maximum Gasteiger partial charge on any atom is 0.430 e. The second kappa shape index (κ2) is 5.99. The number of aliphatic hydroxyl groups is 1. The first-order valence-corrected chi connectivity index (χ1v) is 6.93. The van der Waals surface area contributed by atoms with E-state index in [-0.39, 0.29) is 18.4 Å². The molecule has 0 aromatic carbocycles. The average Bonchev–Trinajstić information content (AvgIpc) is 2.88. The number of rotatable bonds is 4. The van der Waals surface area contributed by atoms with Crippen LogP contribution < -0.4 is 0 Å². The Hall–Kier alpha value is -1.25. The molecule has 0 spiro atoms. The van der Waals surface area contributed by atoms with Gasteiger partial charge < -0.3 is 9.84 Å². The van der Waals surface area contributed by atoms with E-state index in [2.05, 4.69) is 11.3 Å². The summed E-state index contributed by atoms with van der Waals surface area (Å²) in [5.74, 6) is -2.69. The van der Waals surface area contributed by atoms with E-state index in [1.165, 1.54) is 0 Å². The number of hydrogen-bond acceptors (Lipinski definition) is 3. The van der Waals surface area contributed by atoms with E-state index in [1.807, 2.05) is 0 Å². The molecule has 23 heavy (non-hydrogen) atoms. The van der Waals surface area contributed by atoms with E-state index in [1.54, 1.807) is 0 Å². The molecule has 1 unspecified atom stereocenters. The molecule has 3 nitrogen and oxygen atoms in total. The molecule has 0 saturated heterocycles. The molecule has 9 heteroatoms. The molecule has 0 aromatic heterocycles. The van der Waals surface area contributed by atoms with Gasteiger partial charge in [0.25, 0.3) is 5.60 Å². The van der Waals surface area contributed by atoms with Crippen LogP contribution in [0.15, 0.2) is 12.2 Å². The first kappa shape index (κ1) is 19.8. The smallest absolute Gasteiger partial charge is 0.430 e. The number of carbonyl (C=O) groups excluding carboxylic acids is 1. The molecule has 1 saturated carbocycles. The number of ether oxygens (including phenoxy) is 1. The van der Waals surface area contributed by atoms with Gasteiger partial charge in [0, 0.05) is 11.5 Å². The molecule has 1 rings (SSSR count). The van der Waals surface area contributed by atoms with Gasteiger partial charge in [0.2, 0.25) is 0 Å². The topological polar surface area (TPSA) is 46.5 Å². The van der Waals surface area contributed by atoms with Crippen molar-refractivity contribution in [3.05, 3.63) is 12.2 Å². The van der Waals surface area contributed by atoms with Crippen LogP contribution in [0.5, 0.6) is 0 Å². The lowest BCUT2D eigenvalue weighted by atomic mass is 9.72. The van der Waals surface area contributed by atoms with E-state index < -0.39 is 35.4 Å². The molecule has 1 N–H and O–H groups in total. The molecule has 1 fully saturated rings. The molecule has 0 amide bonds. The first-order chi connectivity index (χ1) is 10.2. The van der Waals surface area contributed by atoms with E-state index in [0.29, 0.717) is 19.8 Å². The van der Waals surface area contributed by atoms with Gasteiger partial charge in [-0.1, -0.05) is 19.4 Å². The molecule has 134 valence electrons. The molecule has 0 bridgehead atoms. The summed E-state index contributed by atoms with van der Waals surface area (Å²) in [6, 6.07) is 0. The van der Waals surface area contributed by atoms with Crippen LogP contribution in [0.25, 0.3) is 0 Å². The van der Waals surface area contributed by atoms with Crippen LogP contribution in [0.3, 0.4) is 0 Å². The maximum atomic E-state index is 13.2. The van der Waals surface area contributed by atoms with E-state index in [0.717, 1.165) is 6.92 Å². The Bertz CT molecular complexity index is 462.